The second-order valence-electron chi connectivity index (χ2n) is 14.1. The van der Waals surface area contributed by atoms with Gasteiger partial charge in [0.15, 0.2) is 0 Å². The van der Waals surface area contributed by atoms with Crippen LogP contribution >= 0.6 is 0 Å². The lowest BCUT2D eigenvalue weighted by Gasteiger charge is -2.56. The zero-order valence-corrected chi connectivity index (χ0v) is 25.2. The maximum atomic E-state index is 2.55. The van der Waals surface area contributed by atoms with Gasteiger partial charge in [0.05, 0.1) is 0 Å². The van der Waals surface area contributed by atoms with Crippen molar-refractivity contribution in [3.8, 4) is 11.1 Å². The molecule has 1 nitrogen and oxygen atoms in total. The van der Waals surface area contributed by atoms with Gasteiger partial charge < -0.3 is 4.90 Å². The van der Waals surface area contributed by atoms with Gasteiger partial charge in [-0.15, -0.1) is 0 Å². The number of para-hydroxylation sites is 2. The molecule has 0 aliphatic heterocycles. The summed E-state index contributed by atoms with van der Waals surface area (Å²) in [4.78, 5) is 2.33. The minimum Gasteiger partial charge on any atom is -0.311 e. The molecular weight excluding hydrogens is 470 g/mol. The largest absolute Gasteiger partial charge is 0.311 e. The van der Waals surface area contributed by atoms with Gasteiger partial charge in [-0.05, 0) is 85.9 Å². The molecular formula is C38H43N. The lowest BCUT2D eigenvalue weighted by atomic mass is 9.47. The van der Waals surface area contributed by atoms with E-state index in [1.165, 1.54) is 11.1 Å². The Morgan fingerprint density at radius 2 is 0.821 bits per heavy atom. The van der Waals surface area contributed by atoms with Crippen LogP contribution in [0.2, 0.25) is 0 Å². The van der Waals surface area contributed by atoms with Crippen molar-refractivity contribution in [1.29, 1.82) is 0 Å². The van der Waals surface area contributed by atoms with Gasteiger partial charge in [0.2, 0.25) is 0 Å². The van der Waals surface area contributed by atoms with E-state index in [1.807, 2.05) is 0 Å². The molecule has 0 unspecified atom stereocenters. The third-order valence-electron chi connectivity index (χ3n) is 12.1. The molecule has 2 aliphatic carbocycles. The summed E-state index contributed by atoms with van der Waals surface area (Å²) in [7, 11) is 0. The lowest BCUT2D eigenvalue weighted by molar-refractivity contribution is -0.0105. The van der Waals surface area contributed by atoms with E-state index in [1.54, 1.807) is 16.7 Å². The van der Waals surface area contributed by atoms with Gasteiger partial charge >= 0.3 is 0 Å². The molecule has 1 heteroatoms. The summed E-state index contributed by atoms with van der Waals surface area (Å²) in [6.45, 7) is 22.5. The summed E-state index contributed by atoms with van der Waals surface area (Å²) in [6.07, 6.45) is 0. The van der Waals surface area contributed by atoms with E-state index in [9.17, 15) is 0 Å². The van der Waals surface area contributed by atoms with Gasteiger partial charge in [0.1, 0.15) is 0 Å². The molecule has 200 valence electrons. The van der Waals surface area contributed by atoms with Crippen molar-refractivity contribution >= 4 is 17.1 Å². The highest BCUT2D eigenvalue weighted by molar-refractivity contribution is 5.79. The third-order valence-corrected chi connectivity index (χ3v) is 12.1. The van der Waals surface area contributed by atoms with Crippen molar-refractivity contribution < 1.29 is 0 Å². The number of anilines is 3. The molecule has 4 aromatic rings. The van der Waals surface area contributed by atoms with Gasteiger partial charge in [-0.1, -0.05) is 123 Å². The first-order chi connectivity index (χ1) is 18.3. The molecule has 0 heterocycles. The number of nitrogens with zero attached hydrogens (tertiary/aromatic N) is 1. The Bertz CT molecular complexity index is 1450. The SMILES string of the molecule is CC1(C)c2cc(-c3ccc(N(c4ccccc4)c4ccccc4)cc3)cc3c2C(C)(C1(C)C)C(C)(C)C3(C)C. The summed E-state index contributed by atoms with van der Waals surface area (Å²) in [5.41, 5.74) is 11.3. The van der Waals surface area contributed by atoms with Crippen LogP contribution in [0.25, 0.3) is 11.1 Å². The molecule has 2 aliphatic rings. The zero-order chi connectivity index (χ0) is 28.0. The van der Waals surface area contributed by atoms with Crippen LogP contribution in [0, 0.1) is 10.8 Å². The van der Waals surface area contributed by atoms with Gasteiger partial charge in [-0.3, -0.25) is 0 Å². The van der Waals surface area contributed by atoms with E-state index in [-0.39, 0.29) is 27.1 Å². The molecule has 0 spiro atoms. The van der Waals surface area contributed by atoms with Crippen LogP contribution in [-0.4, -0.2) is 0 Å². The Morgan fingerprint density at radius 3 is 1.23 bits per heavy atom. The van der Waals surface area contributed by atoms with E-state index in [0.717, 1.165) is 17.1 Å². The highest BCUT2D eigenvalue weighted by Gasteiger charge is 2.72. The van der Waals surface area contributed by atoms with Crippen molar-refractivity contribution in [3.63, 3.8) is 0 Å². The summed E-state index contributed by atoms with van der Waals surface area (Å²) >= 11 is 0. The number of hydrogen-bond donors (Lipinski definition) is 0. The second-order valence-corrected chi connectivity index (χ2v) is 14.1. The average molecular weight is 514 g/mol. The molecule has 0 saturated heterocycles. The monoisotopic (exact) mass is 513 g/mol. The average Bonchev–Trinajstić information content (AvgIpc) is 3.13. The third kappa shape index (κ3) is 3.14. The molecule has 0 N–H and O–H groups in total. The Kier molecular flexibility index (Phi) is 5.39. The van der Waals surface area contributed by atoms with Gasteiger partial charge in [-0.2, -0.15) is 0 Å². The van der Waals surface area contributed by atoms with E-state index < -0.39 is 0 Å². The smallest absolute Gasteiger partial charge is 0.0462 e. The molecule has 0 atom stereocenters. The fourth-order valence-corrected chi connectivity index (χ4v) is 8.07. The summed E-state index contributed by atoms with van der Waals surface area (Å²) in [5, 5.41) is 0. The topological polar surface area (TPSA) is 3.24 Å². The first-order valence-corrected chi connectivity index (χ1v) is 14.5. The normalized spacial score (nSPS) is 20.4. The van der Waals surface area contributed by atoms with Crippen LogP contribution in [0.1, 0.15) is 79.0 Å². The van der Waals surface area contributed by atoms with Crippen molar-refractivity contribution in [2.45, 2.75) is 78.6 Å². The van der Waals surface area contributed by atoms with Crippen molar-refractivity contribution in [2.24, 2.45) is 10.8 Å². The van der Waals surface area contributed by atoms with Crippen LogP contribution in [0.4, 0.5) is 17.1 Å². The van der Waals surface area contributed by atoms with E-state index in [2.05, 4.69) is 164 Å². The first-order valence-electron chi connectivity index (χ1n) is 14.5. The summed E-state index contributed by atoms with van der Waals surface area (Å²) < 4.78 is 0. The predicted molar refractivity (Wildman–Crippen MR) is 168 cm³/mol. The van der Waals surface area contributed by atoms with Crippen molar-refractivity contribution in [3.05, 3.63) is 114 Å². The maximum absolute atomic E-state index is 2.55. The number of benzene rings is 4. The molecule has 0 bridgehead atoms. The Hall–Kier alpha value is -3.32. The minimum atomic E-state index is 0.0764. The minimum absolute atomic E-state index is 0.0764. The summed E-state index contributed by atoms with van der Waals surface area (Å²) in [6, 6.07) is 35.5. The van der Waals surface area contributed by atoms with Crippen LogP contribution in [0.15, 0.2) is 97.1 Å². The molecule has 4 aromatic carbocycles. The molecule has 0 radical (unpaired) electrons. The first kappa shape index (κ1) is 25.9. The highest BCUT2D eigenvalue weighted by Crippen LogP contribution is 2.76. The quantitative estimate of drug-likeness (QED) is 0.262. The van der Waals surface area contributed by atoms with Crippen LogP contribution in [0.5, 0.6) is 0 Å². The van der Waals surface area contributed by atoms with Crippen LogP contribution in [0.3, 0.4) is 0 Å². The van der Waals surface area contributed by atoms with Gasteiger partial charge in [0, 0.05) is 22.5 Å². The molecule has 0 amide bonds. The van der Waals surface area contributed by atoms with Gasteiger partial charge in [-0.25, -0.2) is 0 Å². The van der Waals surface area contributed by atoms with Crippen LogP contribution < -0.4 is 4.90 Å². The zero-order valence-electron chi connectivity index (χ0n) is 25.2. The van der Waals surface area contributed by atoms with Crippen LogP contribution in [-0.2, 0) is 16.2 Å². The van der Waals surface area contributed by atoms with Crippen molar-refractivity contribution in [2.75, 3.05) is 4.90 Å². The fourth-order valence-electron chi connectivity index (χ4n) is 8.07. The molecule has 0 aromatic heterocycles. The standard InChI is InChI=1S/C38H43N/c1-34(2)31-24-27(25-32-33(31)38(9,36(34,5)6)37(7,8)35(32,3)4)26-20-22-30(23-21-26)39(28-16-12-10-13-17-28)29-18-14-11-15-19-29/h10-25H,1-9H3. The van der Waals surface area contributed by atoms with Gasteiger partial charge in [0.25, 0.3) is 0 Å². The number of hydrogen-bond acceptors (Lipinski definition) is 1. The summed E-state index contributed by atoms with van der Waals surface area (Å²) in [5.74, 6) is 0. The molecule has 0 saturated carbocycles. The second kappa shape index (κ2) is 8.10. The Morgan fingerprint density at radius 1 is 0.436 bits per heavy atom. The van der Waals surface area contributed by atoms with Crippen molar-refractivity contribution in [1.82, 2.24) is 0 Å². The molecule has 39 heavy (non-hydrogen) atoms. The number of rotatable bonds is 4. The highest BCUT2D eigenvalue weighted by atomic mass is 15.1. The maximum Gasteiger partial charge on any atom is 0.0462 e. The van der Waals surface area contributed by atoms with E-state index in [0.29, 0.717) is 0 Å². The lowest BCUT2D eigenvalue weighted by Crippen LogP contribution is -2.54. The molecule has 0 fully saturated rings. The Balaban J connectivity index is 1.50. The van der Waals surface area contributed by atoms with E-state index >= 15 is 0 Å². The molecule has 6 rings (SSSR count). The fraction of sp³-hybridized carbons (Fsp3) is 0.368. The Labute approximate surface area is 235 Å². The van der Waals surface area contributed by atoms with E-state index in [4.69, 9.17) is 0 Å². The predicted octanol–water partition coefficient (Wildman–Crippen LogP) is 10.7.